The van der Waals surface area contributed by atoms with Gasteiger partial charge in [0.2, 0.25) is 5.75 Å². The first-order chi connectivity index (χ1) is 13.7. The average molecular weight is 399 g/mol. The fraction of sp³-hybridized carbons (Fsp3) is 0.381. The van der Waals surface area contributed by atoms with Gasteiger partial charge < -0.3 is 19.3 Å². The number of hydrogen-bond donors (Lipinski definition) is 0. The summed E-state index contributed by atoms with van der Waals surface area (Å²) in [6.45, 7) is 7.75. The number of anilines is 1. The maximum Gasteiger partial charge on any atom is 0.410 e. The minimum Gasteiger partial charge on any atom is -0.450 e. The maximum atomic E-state index is 12.2. The molecular weight excluding hydrogens is 374 g/mol. The number of carbonyl (C=O) groups is 1. The number of benzene rings is 2. The van der Waals surface area contributed by atoms with Crippen molar-refractivity contribution in [2.45, 2.75) is 26.4 Å². The molecule has 0 N–H and O–H groups in total. The van der Waals surface area contributed by atoms with Crippen molar-refractivity contribution in [2.75, 3.05) is 31.1 Å². The molecular formula is C21H25N3O5. The molecule has 3 rings (SSSR count). The Morgan fingerprint density at radius 2 is 1.69 bits per heavy atom. The molecule has 1 aliphatic heterocycles. The van der Waals surface area contributed by atoms with Crippen LogP contribution in [0.2, 0.25) is 0 Å². The van der Waals surface area contributed by atoms with Gasteiger partial charge in [-0.05, 0) is 39.0 Å². The normalized spacial score (nSPS) is 14.4. The fourth-order valence-electron chi connectivity index (χ4n) is 3.02. The monoisotopic (exact) mass is 399 g/mol. The summed E-state index contributed by atoms with van der Waals surface area (Å²) in [6, 6.07) is 13.8. The molecule has 2 aromatic carbocycles. The third-order valence-corrected chi connectivity index (χ3v) is 4.41. The van der Waals surface area contributed by atoms with Crippen molar-refractivity contribution < 1.29 is 19.2 Å². The van der Waals surface area contributed by atoms with E-state index in [1.54, 1.807) is 41.3 Å². The molecule has 1 aliphatic rings. The summed E-state index contributed by atoms with van der Waals surface area (Å²) in [7, 11) is 0. The molecule has 0 radical (unpaired) electrons. The highest BCUT2D eigenvalue weighted by atomic mass is 16.6. The Bertz CT molecular complexity index is 872. The van der Waals surface area contributed by atoms with Crippen molar-refractivity contribution in [3.8, 4) is 11.5 Å². The standard InChI is InChI=1S/C21H25N3O5/c1-21(2,3)29-20(25)23-13-11-22(12-14-23)16-9-10-18(24(26)27)19(15-16)28-17-7-5-4-6-8-17/h4-10,15H,11-14H2,1-3H3. The predicted molar refractivity (Wildman–Crippen MR) is 110 cm³/mol. The number of nitrogens with zero attached hydrogens (tertiary/aromatic N) is 3. The zero-order valence-electron chi connectivity index (χ0n) is 16.8. The number of rotatable bonds is 4. The lowest BCUT2D eigenvalue weighted by molar-refractivity contribution is -0.385. The SMILES string of the molecule is CC(C)(C)OC(=O)N1CCN(c2ccc([N+](=O)[O-])c(Oc3ccccc3)c2)CC1. The Hall–Kier alpha value is -3.29. The number of amides is 1. The Morgan fingerprint density at radius 3 is 2.28 bits per heavy atom. The minimum atomic E-state index is -0.531. The highest BCUT2D eigenvalue weighted by Crippen LogP contribution is 2.35. The van der Waals surface area contributed by atoms with Crippen LogP contribution in [0.15, 0.2) is 48.5 Å². The van der Waals surface area contributed by atoms with Gasteiger partial charge in [-0.2, -0.15) is 0 Å². The van der Waals surface area contributed by atoms with E-state index in [9.17, 15) is 14.9 Å². The first-order valence-corrected chi connectivity index (χ1v) is 9.47. The third kappa shape index (κ3) is 5.37. The van der Waals surface area contributed by atoms with Gasteiger partial charge in [-0.15, -0.1) is 0 Å². The second-order valence-electron chi connectivity index (χ2n) is 7.78. The third-order valence-electron chi connectivity index (χ3n) is 4.41. The van der Waals surface area contributed by atoms with E-state index in [1.807, 2.05) is 26.8 Å². The number of carbonyl (C=O) groups excluding carboxylic acids is 1. The molecule has 8 heteroatoms. The Kier molecular flexibility index (Phi) is 5.91. The molecule has 154 valence electrons. The lowest BCUT2D eigenvalue weighted by atomic mass is 10.2. The summed E-state index contributed by atoms with van der Waals surface area (Å²) in [5.41, 5.74) is 0.186. The molecule has 0 atom stereocenters. The number of nitro benzene ring substituents is 1. The first kappa shape index (κ1) is 20.4. The van der Waals surface area contributed by atoms with Crippen molar-refractivity contribution in [3.63, 3.8) is 0 Å². The van der Waals surface area contributed by atoms with Gasteiger partial charge in [-0.25, -0.2) is 4.79 Å². The second-order valence-corrected chi connectivity index (χ2v) is 7.78. The zero-order valence-corrected chi connectivity index (χ0v) is 16.8. The minimum absolute atomic E-state index is 0.0926. The van der Waals surface area contributed by atoms with Crippen molar-refractivity contribution in [3.05, 3.63) is 58.6 Å². The van der Waals surface area contributed by atoms with Crippen LogP contribution in [-0.4, -0.2) is 47.7 Å². The van der Waals surface area contributed by atoms with Crippen LogP contribution in [0.1, 0.15) is 20.8 Å². The summed E-state index contributed by atoms with van der Waals surface area (Å²) in [6.07, 6.45) is -0.325. The molecule has 0 aliphatic carbocycles. The molecule has 1 saturated heterocycles. The van der Waals surface area contributed by atoms with E-state index in [2.05, 4.69) is 4.90 Å². The van der Waals surface area contributed by atoms with Gasteiger partial charge >= 0.3 is 11.8 Å². The van der Waals surface area contributed by atoms with Gasteiger partial charge in [0, 0.05) is 44.0 Å². The molecule has 1 amide bonds. The van der Waals surface area contributed by atoms with E-state index >= 15 is 0 Å². The molecule has 29 heavy (non-hydrogen) atoms. The largest absolute Gasteiger partial charge is 0.450 e. The van der Waals surface area contributed by atoms with E-state index < -0.39 is 10.5 Å². The number of para-hydroxylation sites is 1. The van der Waals surface area contributed by atoms with Crippen LogP contribution < -0.4 is 9.64 Å². The van der Waals surface area contributed by atoms with Gasteiger partial charge in [0.1, 0.15) is 11.4 Å². The van der Waals surface area contributed by atoms with Crippen LogP contribution in [0.4, 0.5) is 16.2 Å². The van der Waals surface area contributed by atoms with Crippen LogP contribution in [0.5, 0.6) is 11.5 Å². The Morgan fingerprint density at radius 1 is 1.03 bits per heavy atom. The van der Waals surface area contributed by atoms with Crippen LogP contribution in [0, 0.1) is 10.1 Å². The molecule has 1 heterocycles. The first-order valence-electron chi connectivity index (χ1n) is 9.47. The van der Waals surface area contributed by atoms with Gasteiger partial charge in [0.05, 0.1) is 4.92 Å². The lowest BCUT2D eigenvalue weighted by Gasteiger charge is -2.36. The zero-order chi connectivity index (χ0) is 21.0. The topological polar surface area (TPSA) is 85.2 Å². The molecule has 0 aromatic heterocycles. The van der Waals surface area contributed by atoms with E-state index in [1.165, 1.54) is 6.07 Å². The number of ether oxygens (including phenoxy) is 2. The molecule has 0 saturated carbocycles. The average Bonchev–Trinajstić information content (AvgIpc) is 2.67. The van der Waals surface area contributed by atoms with Crippen molar-refractivity contribution in [1.82, 2.24) is 4.90 Å². The van der Waals surface area contributed by atoms with E-state index in [0.717, 1.165) is 5.69 Å². The summed E-state index contributed by atoms with van der Waals surface area (Å²) in [4.78, 5) is 26.9. The summed E-state index contributed by atoms with van der Waals surface area (Å²) in [5, 5.41) is 11.4. The number of hydrogen-bond acceptors (Lipinski definition) is 6. The van der Waals surface area contributed by atoms with E-state index in [-0.39, 0.29) is 17.5 Å². The Balaban J connectivity index is 1.72. The van der Waals surface area contributed by atoms with Crippen LogP contribution in [-0.2, 0) is 4.74 Å². The van der Waals surface area contributed by atoms with Gasteiger partial charge in [0.25, 0.3) is 0 Å². The second kappa shape index (κ2) is 8.38. The van der Waals surface area contributed by atoms with Crippen LogP contribution >= 0.6 is 0 Å². The molecule has 1 fully saturated rings. The van der Waals surface area contributed by atoms with E-state index in [0.29, 0.717) is 31.9 Å². The molecule has 0 spiro atoms. The predicted octanol–water partition coefficient (Wildman–Crippen LogP) is 4.44. The molecule has 8 nitrogen and oxygen atoms in total. The highest BCUT2D eigenvalue weighted by molar-refractivity contribution is 5.69. The lowest BCUT2D eigenvalue weighted by Crippen LogP contribution is -2.50. The van der Waals surface area contributed by atoms with E-state index in [4.69, 9.17) is 9.47 Å². The summed E-state index contributed by atoms with van der Waals surface area (Å²) >= 11 is 0. The van der Waals surface area contributed by atoms with Gasteiger partial charge in [-0.1, -0.05) is 18.2 Å². The number of nitro groups is 1. The summed E-state index contributed by atoms with van der Waals surface area (Å²) < 4.78 is 11.2. The smallest absolute Gasteiger partial charge is 0.410 e. The van der Waals surface area contributed by atoms with Gasteiger partial charge in [-0.3, -0.25) is 10.1 Å². The quantitative estimate of drug-likeness (QED) is 0.558. The molecule has 0 bridgehead atoms. The highest BCUT2D eigenvalue weighted by Gasteiger charge is 2.27. The van der Waals surface area contributed by atoms with Crippen molar-refractivity contribution in [2.24, 2.45) is 0 Å². The van der Waals surface area contributed by atoms with Crippen molar-refractivity contribution in [1.29, 1.82) is 0 Å². The molecule has 2 aromatic rings. The van der Waals surface area contributed by atoms with Gasteiger partial charge in [0.15, 0.2) is 0 Å². The number of piperazine rings is 1. The maximum absolute atomic E-state index is 12.2. The summed E-state index contributed by atoms with van der Waals surface area (Å²) in [5.74, 6) is 0.718. The Labute approximate surface area is 169 Å². The van der Waals surface area contributed by atoms with Crippen molar-refractivity contribution >= 4 is 17.5 Å². The van der Waals surface area contributed by atoms with Crippen LogP contribution in [0.25, 0.3) is 0 Å². The fourth-order valence-corrected chi connectivity index (χ4v) is 3.02. The molecule has 0 unspecified atom stereocenters. The van der Waals surface area contributed by atoms with Crippen LogP contribution in [0.3, 0.4) is 0 Å².